The average Bonchev–Trinajstić information content (AvgIpc) is 3.15. The predicted molar refractivity (Wildman–Crippen MR) is 118 cm³/mol. The van der Waals surface area contributed by atoms with E-state index in [1.807, 2.05) is 0 Å². The molecule has 0 amide bonds. The van der Waals surface area contributed by atoms with Gasteiger partial charge in [0.05, 0.1) is 0 Å². The van der Waals surface area contributed by atoms with E-state index in [-0.39, 0.29) is 0 Å². The third-order valence-corrected chi connectivity index (χ3v) is 12.0. The summed E-state index contributed by atoms with van der Waals surface area (Å²) in [4.78, 5) is 2.55. The fourth-order valence-corrected chi connectivity index (χ4v) is 8.68. The van der Waals surface area contributed by atoms with Crippen LogP contribution >= 0.6 is 19.8 Å². The first-order valence-electron chi connectivity index (χ1n) is 9.75. The van der Waals surface area contributed by atoms with Crippen molar-refractivity contribution in [1.82, 2.24) is 0 Å². The molecular weight excluding hydrogens is 405 g/mol. The van der Waals surface area contributed by atoms with Crippen LogP contribution in [0.25, 0.3) is 0 Å². The summed E-state index contributed by atoms with van der Waals surface area (Å²) in [6.07, 6.45) is 19.0. The summed E-state index contributed by atoms with van der Waals surface area (Å²) < 4.78 is 2.52. The summed E-state index contributed by atoms with van der Waals surface area (Å²) >= 11 is -1.09. The Labute approximate surface area is 157 Å². The molecule has 24 heavy (non-hydrogen) atoms. The van der Waals surface area contributed by atoms with E-state index in [0.717, 1.165) is 16.3 Å². The Balaban J connectivity index is 1.87. The summed E-state index contributed by atoms with van der Waals surface area (Å²) in [5.41, 5.74) is 8.53. The zero-order valence-electron chi connectivity index (χ0n) is 16.4. The number of alkyl halides is 2. The van der Waals surface area contributed by atoms with Crippen LogP contribution in [0.3, 0.4) is 0 Å². The number of hydrogen-bond donors (Lipinski definition) is 1. The second kappa shape index (κ2) is 9.02. The Bertz CT molecular complexity index is 494. The van der Waals surface area contributed by atoms with E-state index in [2.05, 4.69) is 56.9 Å². The molecule has 1 unspecified atom stereocenters. The van der Waals surface area contributed by atoms with Gasteiger partial charge in [-0.05, 0) is 0 Å². The van der Waals surface area contributed by atoms with Crippen LogP contribution in [0.15, 0.2) is 33.5 Å². The molecule has 0 radical (unpaired) electrons. The van der Waals surface area contributed by atoms with Crippen molar-refractivity contribution < 1.29 is 0 Å². The molecule has 0 aromatic heterocycles. The molecule has 0 aliphatic heterocycles. The molecule has 2 aliphatic rings. The molecule has 2 rings (SSSR count). The Morgan fingerprint density at radius 1 is 1.25 bits per heavy atom. The van der Waals surface area contributed by atoms with Crippen molar-refractivity contribution in [2.75, 3.05) is 4.93 Å². The number of rotatable bonds is 8. The molecule has 0 bridgehead atoms. The number of nitrogens with two attached hydrogens (primary N) is 1. The molecule has 1 fully saturated rings. The van der Waals surface area contributed by atoms with Gasteiger partial charge in [0.25, 0.3) is 0 Å². The van der Waals surface area contributed by atoms with Crippen molar-refractivity contribution in [3.63, 3.8) is 0 Å². The quantitative estimate of drug-likeness (QED) is 0.255. The average molecular weight is 443 g/mol. The van der Waals surface area contributed by atoms with Gasteiger partial charge >= 0.3 is 158 Å². The third kappa shape index (κ3) is 5.45. The fraction of sp³-hybridized carbons (Fsp3) is 0.727. The molecule has 2 aliphatic carbocycles. The van der Waals surface area contributed by atoms with Crippen LogP contribution in [0, 0.1) is 11.3 Å². The van der Waals surface area contributed by atoms with E-state index in [1.54, 1.807) is 9.15 Å². The van der Waals surface area contributed by atoms with Gasteiger partial charge in [0.15, 0.2) is 0 Å². The van der Waals surface area contributed by atoms with Crippen molar-refractivity contribution in [1.29, 1.82) is 0 Å². The van der Waals surface area contributed by atoms with Crippen LogP contribution in [0.1, 0.15) is 72.6 Å². The van der Waals surface area contributed by atoms with Gasteiger partial charge in [-0.15, -0.1) is 0 Å². The van der Waals surface area contributed by atoms with Crippen LogP contribution in [0.4, 0.5) is 0 Å². The molecule has 0 aromatic carbocycles. The van der Waals surface area contributed by atoms with E-state index < -0.39 is 19.8 Å². The van der Waals surface area contributed by atoms with E-state index in [0.29, 0.717) is 11.5 Å². The minimum atomic E-state index is -1.09. The van der Waals surface area contributed by atoms with E-state index in [9.17, 15) is 0 Å². The second-order valence-electron chi connectivity index (χ2n) is 8.34. The third-order valence-electron chi connectivity index (χ3n) is 5.67. The molecule has 1 spiro atoms. The Hall–Kier alpha value is -0.0900. The van der Waals surface area contributed by atoms with Gasteiger partial charge in [0.2, 0.25) is 0 Å². The first-order chi connectivity index (χ1) is 11.3. The van der Waals surface area contributed by atoms with Gasteiger partial charge < -0.3 is 0 Å². The topological polar surface area (TPSA) is 26.0 Å². The van der Waals surface area contributed by atoms with Crippen molar-refractivity contribution in [3.8, 4) is 0 Å². The minimum absolute atomic E-state index is 0.330. The van der Waals surface area contributed by atoms with Gasteiger partial charge in [0.1, 0.15) is 0 Å². The molecule has 1 saturated carbocycles. The van der Waals surface area contributed by atoms with Crippen LogP contribution in [0.2, 0.25) is 0 Å². The van der Waals surface area contributed by atoms with Crippen LogP contribution < -0.4 is 5.73 Å². The molecule has 2 atom stereocenters. The molecule has 138 valence electrons. The zero-order chi connectivity index (χ0) is 17.7. The SMILES string of the molecule is C/C=C(\CC(C)C)CC(N)C[C@H](C)I(C)C1=CC2(C=C1)CCCC2. The standard InChI is InChI=1S/C22H38IN/c1-6-19(13-17(2)3)15-21(24)14-18(4)23(5)20-9-12-22(16-20)10-7-8-11-22/h6,9,12,16-18,21H,7-8,10-11,13-15,24H2,1-5H3/b19-6+/t18-,21?/m0/s1. The van der Waals surface area contributed by atoms with Crippen molar-refractivity contribution in [2.45, 2.75) is 82.6 Å². The van der Waals surface area contributed by atoms with Gasteiger partial charge in [-0.3, -0.25) is 0 Å². The maximum atomic E-state index is 6.53. The summed E-state index contributed by atoms with van der Waals surface area (Å²) in [6.45, 7) is 9.22. The fourth-order valence-electron chi connectivity index (χ4n) is 4.18. The van der Waals surface area contributed by atoms with Crippen molar-refractivity contribution in [2.24, 2.45) is 17.1 Å². The summed E-state index contributed by atoms with van der Waals surface area (Å²) in [6, 6.07) is 0.330. The Morgan fingerprint density at radius 2 is 1.92 bits per heavy atom. The molecule has 0 saturated heterocycles. The molecular formula is C22H38IN. The summed E-state index contributed by atoms with van der Waals surface area (Å²) in [5, 5.41) is 0. The van der Waals surface area contributed by atoms with Crippen molar-refractivity contribution in [3.05, 3.63) is 33.5 Å². The normalized spacial score (nSPS) is 23.0. The van der Waals surface area contributed by atoms with E-state index >= 15 is 0 Å². The molecule has 0 heterocycles. The summed E-state index contributed by atoms with van der Waals surface area (Å²) in [5.74, 6) is 0.728. The van der Waals surface area contributed by atoms with Crippen LogP contribution in [-0.4, -0.2) is 14.9 Å². The predicted octanol–water partition coefficient (Wildman–Crippen LogP) is 6.63. The first-order valence-corrected chi connectivity index (χ1v) is 14.2. The molecule has 2 heteroatoms. The Morgan fingerprint density at radius 3 is 2.50 bits per heavy atom. The number of halogens is 1. The van der Waals surface area contributed by atoms with Crippen LogP contribution in [0.5, 0.6) is 0 Å². The zero-order valence-corrected chi connectivity index (χ0v) is 18.6. The number of allylic oxidation sites excluding steroid dienone is 5. The van der Waals surface area contributed by atoms with Gasteiger partial charge in [0, 0.05) is 0 Å². The monoisotopic (exact) mass is 443 g/mol. The van der Waals surface area contributed by atoms with Crippen molar-refractivity contribution >= 4 is 19.8 Å². The molecule has 2 N–H and O–H groups in total. The second-order valence-corrected chi connectivity index (χ2v) is 14.7. The van der Waals surface area contributed by atoms with Crippen LogP contribution in [-0.2, 0) is 0 Å². The van der Waals surface area contributed by atoms with Gasteiger partial charge in [-0.2, -0.15) is 0 Å². The van der Waals surface area contributed by atoms with E-state index in [4.69, 9.17) is 5.73 Å². The van der Waals surface area contributed by atoms with E-state index in [1.165, 1.54) is 38.5 Å². The number of hydrogen-bond acceptors (Lipinski definition) is 1. The summed E-state index contributed by atoms with van der Waals surface area (Å²) in [7, 11) is 0. The Kier molecular flexibility index (Phi) is 7.60. The molecule has 1 nitrogen and oxygen atoms in total. The van der Waals surface area contributed by atoms with Gasteiger partial charge in [-0.1, -0.05) is 0 Å². The first kappa shape index (κ1) is 20.2. The molecule has 0 aromatic rings. The maximum absolute atomic E-state index is 6.53. The van der Waals surface area contributed by atoms with Gasteiger partial charge in [-0.25, -0.2) is 0 Å².